The van der Waals surface area contributed by atoms with Crippen LogP contribution in [0.1, 0.15) is 48.0 Å². The summed E-state index contributed by atoms with van der Waals surface area (Å²) in [6.07, 6.45) is 0.688. The lowest BCUT2D eigenvalue weighted by atomic mass is 9.92. The van der Waals surface area contributed by atoms with Crippen molar-refractivity contribution in [2.24, 2.45) is 22.3 Å². The molecule has 0 bridgehead atoms. The summed E-state index contributed by atoms with van der Waals surface area (Å²) in [7, 11) is 0. The van der Waals surface area contributed by atoms with E-state index in [9.17, 15) is 0 Å². The Bertz CT molecular complexity index is 218. The molecule has 0 aromatic carbocycles. The number of rotatable bonds is 1. The molecule has 0 heterocycles. The average molecular weight is 214 g/mol. The predicted octanol–water partition coefficient (Wildman–Crippen LogP) is 2.33. The van der Waals surface area contributed by atoms with Crippen molar-refractivity contribution >= 4 is 11.7 Å². The molecule has 0 spiro atoms. The van der Waals surface area contributed by atoms with Crippen molar-refractivity contribution in [3.63, 3.8) is 0 Å². The molecule has 6 N–H and O–H groups in total. The summed E-state index contributed by atoms with van der Waals surface area (Å²) in [5.41, 5.74) is 10.3. The maximum Gasteiger partial charge on any atom is 0.0960 e. The molecule has 0 saturated heterocycles. The summed E-state index contributed by atoms with van der Waals surface area (Å²) in [5, 5.41) is 13.9. The van der Waals surface area contributed by atoms with Crippen LogP contribution in [0.4, 0.5) is 0 Å². The number of hydrogen-bond donors (Lipinski definition) is 4. The summed E-state index contributed by atoms with van der Waals surface area (Å²) in [4.78, 5) is 0. The SMILES string of the molecule is CC(C)(C)C(=N)N.CC(C)(C)CC(=N)N. The van der Waals surface area contributed by atoms with Crippen LogP contribution in [0.3, 0.4) is 0 Å². The molecule has 0 amide bonds. The lowest BCUT2D eigenvalue weighted by molar-refractivity contribution is 0.432. The maximum absolute atomic E-state index is 6.93. The zero-order chi connectivity index (χ0) is 12.9. The lowest BCUT2D eigenvalue weighted by Gasteiger charge is -2.15. The fourth-order valence-corrected chi connectivity index (χ4v) is 0.571. The molecule has 0 rings (SSSR count). The summed E-state index contributed by atoms with van der Waals surface area (Å²) >= 11 is 0. The van der Waals surface area contributed by atoms with Crippen molar-refractivity contribution < 1.29 is 0 Å². The number of nitrogens with one attached hydrogen (secondary N) is 2. The van der Waals surface area contributed by atoms with E-state index in [0.29, 0.717) is 6.42 Å². The van der Waals surface area contributed by atoms with Crippen molar-refractivity contribution in [2.45, 2.75) is 48.0 Å². The van der Waals surface area contributed by atoms with Gasteiger partial charge in [0.25, 0.3) is 0 Å². The van der Waals surface area contributed by atoms with Crippen LogP contribution < -0.4 is 11.5 Å². The van der Waals surface area contributed by atoms with Crippen LogP contribution in [0.25, 0.3) is 0 Å². The van der Waals surface area contributed by atoms with Gasteiger partial charge in [-0.1, -0.05) is 41.5 Å². The predicted molar refractivity (Wildman–Crippen MR) is 67.4 cm³/mol. The van der Waals surface area contributed by atoms with Crippen molar-refractivity contribution in [3.8, 4) is 0 Å². The Morgan fingerprint density at radius 3 is 1.20 bits per heavy atom. The van der Waals surface area contributed by atoms with Crippen LogP contribution in [0.5, 0.6) is 0 Å². The topological polar surface area (TPSA) is 99.7 Å². The highest BCUT2D eigenvalue weighted by Crippen LogP contribution is 2.16. The maximum atomic E-state index is 6.93. The van der Waals surface area contributed by atoms with Gasteiger partial charge < -0.3 is 11.5 Å². The number of nitrogens with two attached hydrogens (primary N) is 2. The van der Waals surface area contributed by atoms with Crippen molar-refractivity contribution in [1.29, 1.82) is 10.8 Å². The Balaban J connectivity index is 0. The molecule has 4 heteroatoms. The van der Waals surface area contributed by atoms with Crippen LogP contribution in [0, 0.1) is 21.6 Å². The van der Waals surface area contributed by atoms with Gasteiger partial charge in [-0.05, 0) is 5.41 Å². The fourth-order valence-electron chi connectivity index (χ4n) is 0.571. The van der Waals surface area contributed by atoms with Gasteiger partial charge in [0, 0.05) is 11.8 Å². The molecule has 0 atom stereocenters. The van der Waals surface area contributed by atoms with Gasteiger partial charge in [0.05, 0.1) is 11.7 Å². The average Bonchev–Trinajstić information content (AvgIpc) is 1.78. The highest BCUT2D eigenvalue weighted by atomic mass is 14.7. The van der Waals surface area contributed by atoms with Gasteiger partial charge in [-0.3, -0.25) is 10.8 Å². The lowest BCUT2D eigenvalue weighted by Crippen LogP contribution is -2.27. The van der Waals surface area contributed by atoms with Gasteiger partial charge in [0.2, 0.25) is 0 Å². The molecule has 4 nitrogen and oxygen atoms in total. The van der Waals surface area contributed by atoms with Crippen LogP contribution in [-0.4, -0.2) is 11.7 Å². The van der Waals surface area contributed by atoms with Crippen LogP contribution >= 0.6 is 0 Å². The molecule has 0 saturated carbocycles. The molecule has 0 aliphatic carbocycles. The Kier molecular flexibility index (Phi) is 6.26. The van der Waals surface area contributed by atoms with E-state index in [1.54, 1.807) is 0 Å². The molecule has 15 heavy (non-hydrogen) atoms. The first-order chi connectivity index (χ1) is 6.36. The zero-order valence-electron chi connectivity index (χ0n) is 10.9. The van der Waals surface area contributed by atoms with Crippen molar-refractivity contribution in [2.75, 3.05) is 0 Å². The molecule has 0 aliphatic rings. The third-order valence-electron chi connectivity index (χ3n) is 1.53. The molecule has 0 fully saturated rings. The first-order valence-corrected chi connectivity index (χ1v) is 5.03. The van der Waals surface area contributed by atoms with Crippen LogP contribution in [-0.2, 0) is 0 Å². The van der Waals surface area contributed by atoms with Crippen molar-refractivity contribution in [1.82, 2.24) is 0 Å². The summed E-state index contributed by atoms with van der Waals surface area (Å²) in [6, 6.07) is 0. The molecule has 0 aromatic heterocycles. The van der Waals surface area contributed by atoms with E-state index < -0.39 is 0 Å². The van der Waals surface area contributed by atoms with Crippen LogP contribution in [0.15, 0.2) is 0 Å². The van der Waals surface area contributed by atoms with E-state index in [0.717, 1.165) is 0 Å². The van der Waals surface area contributed by atoms with Gasteiger partial charge in [-0.15, -0.1) is 0 Å². The molecule has 0 unspecified atom stereocenters. The van der Waals surface area contributed by atoms with Gasteiger partial charge in [0.15, 0.2) is 0 Å². The van der Waals surface area contributed by atoms with Gasteiger partial charge >= 0.3 is 0 Å². The van der Waals surface area contributed by atoms with Gasteiger partial charge in [0.1, 0.15) is 0 Å². The van der Waals surface area contributed by atoms with Crippen LogP contribution in [0.2, 0.25) is 0 Å². The molecule has 0 radical (unpaired) electrons. The third-order valence-corrected chi connectivity index (χ3v) is 1.53. The first kappa shape index (κ1) is 16.4. The first-order valence-electron chi connectivity index (χ1n) is 5.03. The van der Waals surface area contributed by atoms with E-state index in [-0.39, 0.29) is 22.5 Å². The van der Waals surface area contributed by atoms with E-state index >= 15 is 0 Å². The number of hydrogen-bond acceptors (Lipinski definition) is 2. The van der Waals surface area contributed by atoms with Gasteiger partial charge in [-0.25, -0.2) is 0 Å². The minimum absolute atomic E-state index is 0.139. The minimum atomic E-state index is -0.139. The number of amidine groups is 2. The fraction of sp³-hybridized carbons (Fsp3) is 0.818. The largest absolute Gasteiger partial charge is 0.388 e. The van der Waals surface area contributed by atoms with Gasteiger partial charge in [-0.2, -0.15) is 0 Å². The Hall–Kier alpha value is -1.06. The summed E-state index contributed by atoms with van der Waals surface area (Å²) in [6.45, 7) is 11.9. The molecule has 0 aromatic rings. The highest BCUT2D eigenvalue weighted by Gasteiger charge is 2.12. The smallest absolute Gasteiger partial charge is 0.0960 e. The summed E-state index contributed by atoms with van der Waals surface area (Å²) in [5.74, 6) is 0.519. The van der Waals surface area contributed by atoms with Crippen molar-refractivity contribution in [3.05, 3.63) is 0 Å². The second kappa shape index (κ2) is 5.73. The van der Waals surface area contributed by atoms with E-state index in [1.807, 2.05) is 20.8 Å². The van der Waals surface area contributed by atoms with E-state index in [2.05, 4.69) is 20.8 Å². The molecular weight excluding hydrogens is 188 g/mol. The zero-order valence-corrected chi connectivity index (χ0v) is 10.9. The Morgan fingerprint density at radius 1 is 0.933 bits per heavy atom. The molecule has 90 valence electrons. The third kappa shape index (κ3) is 15.7. The quantitative estimate of drug-likeness (QED) is 0.398. The second-order valence-electron chi connectivity index (χ2n) is 5.93. The normalized spacial score (nSPS) is 11.3. The van der Waals surface area contributed by atoms with E-state index in [4.69, 9.17) is 22.3 Å². The standard InChI is InChI=1S/C6H14N2.C5H12N2/c1-6(2,3)4-5(7)8;1-5(2,3)4(6)7/h4H2,1-3H3,(H3,7,8);1-3H3,(H3,6,7). The Labute approximate surface area is 93.4 Å². The monoisotopic (exact) mass is 214 g/mol. The summed E-state index contributed by atoms with van der Waals surface area (Å²) < 4.78 is 0. The Morgan fingerprint density at radius 2 is 1.20 bits per heavy atom. The molecular formula is C11H26N4. The van der Waals surface area contributed by atoms with E-state index in [1.165, 1.54) is 0 Å². The minimum Gasteiger partial charge on any atom is -0.388 e. The second-order valence-corrected chi connectivity index (χ2v) is 5.93. The highest BCUT2D eigenvalue weighted by molar-refractivity contribution is 5.82. The molecule has 0 aliphatic heterocycles.